The van der Waals surface area contributed by atoms with Gasteiger partial charge in [0.15, 0.2) is 0 Å². The van der Waals surface area contributed by atoms with E-state index in [1.807, 2.05) is 0 Å². The van der Waals surface area contributed by atoms with Crippen LogP contribution in [0.3, 0.4) is 0 Å². The van der Waals surface area contributed by atoms with Gasteiger partial charge in [-0.25, -0.2) is 4.79 Å². The van der Waals surface area contributed by atoms with Gasteiger partial charge in [0, 0.05) is 35.3 Å². The van der Waals surface area contributed by atoms with Crippen LogP contribution in [0, 0.1) is 10.2 Å². The van der Waals surface area contributed by atoms with Crippen LogP contribution in [0.5, 0.6) is 0 Å². The van der Waals surface area contributed by atoms with Gasteiger partial charge in [0.1, 0.15) is 3.74 Å². The van der Waals surface area contributed by atoms with Crippen LogP contribution in [0.1, 0.15) is 12.5 Å². The fourth-order valence-corrected chi connectivity index (χ4v) is 4.20. The average Bonchev–Trinajstić information content (AvgIpc) is 2.32. The number of nitrogens with zero attached hydrogens (tertiary/aromatic N) is 1. The summed E-state index contributed by atoms with van der Waals surface area (Å²) in [5.74, 6) is -0.564. The Morgan fingerprint density at radius 2 is 1.81 bits per heavy atom. The minimum atomic E-state index is -4.53. The Hall–Kier alpha value is -1.16. The number of carbonyl (C=O) groups is 1. The van der Waals surface area contributed by atoms with E-state index in [1.54, 1.807) is 30.3 Å². The molecule has 1 rings (SSSR count). The van der Waals surface area contributed by atoms with Crippen LogP contribution in [0.4, 0.5) is 0 Å². The summed E-state index contributed by atoms with van der Waals surface area (Å²) in [6, 6.07) is 8.75. The van der Waals surface area contributed by atoms with Crippen molar-refractivity contribution in [1.82, 2.24) is 0 Å². The smallest absolute Gasteiger partial charge is 0.318 e. The van der Waals surface area contributed by atoms with E-state index < -0.39 is 26.5 Å². The molecule has 0 saturated heterocycles. The zero-order valence-electron chi connectivity index (χ0n) is 11.8. The third-order valence-corrected chi connectivity index (χ3v) is 5.07. The van der Waals surface area contributed by atoms with Crippen molar-refractivity contribution in [2.45, 2.75) is 6.92 Å². The summed E-state index contributed by atoms with van der Waals surface area (Å²) < 4.78 is 36.7. The number of halogens is 1. The Kier molecular flexibility index (Phi) is 6.14. The number of oxime groups is 1. The van der Waals surface area contributed by atoms with Crippen molar-refractivity contribution in [2.75, 3.05) is 18.3 Å². The monoisotopic (exact) mass is 337 g/mol. The standard InChI is InChI=1S/C12H16ClNO6S/c1-10(15)19-14-12(11-7-5-4-6-8-11)9-21(2,3)20-13(16,17)18/h4-8H,9H2,1-3H3. The van der Waals surface area contributed by atoms with E-state index in [-0.39, 0.29) is 5.75 Å². The van der Waals surface area contributed by atoms with Crippen LogP contribution >= 0.6 is 10.3 Å². The van der Waals surface area contributed by atoms with Gasteiger partial charge >= 0.3 is 5.97 Å². The SMILES string of the molecule is CC(=O)ON=C(CS(C)(C)O[Cl+3]([O-])([O-])[O-])c1ccccc1. The number of rotatable bonds is 6. The first-order valence-corrected chi connectivity index (χ1v) is 9.50. The lowest BCUT2D eigenvalue weighted by atomic mass is 10.1. The second kappa shape index (κ2) is 7.21. The molecule has 0 aliphatic rings. The Labute approximate surface area is 126 Å². The summed E-state index contributed by atoms with van der Waals surface area (Å²) in [6.07, 6.45) is 3.00. The molecule has 0 N–H and O–H groups in total. The van der Waals surface area contributed by atoms with Gasteiger partial charge in [0.05, 0.1) is 21.7 Å². The summed E-state index contributed by atoms with van der Waals surface area (Å²) in [5, 5.41) is 3.72. The van der Waals surface area contributed by atoms with Crippen molar-refractivity contribution in [3.05, 3.63) is 35.9 Å². The summed E-state index contributed by atoms with van der Waals surface area (Å²) in [4.78, 5) is 15.5. The van der Waals surface area contributed by atoms with Crippen LogP contribution < -0.4 is 14.0 Å². The van der Waals surface area contributed by atoms with E-state index >= 15 is 0 Å². The number of hydrogen-bond acceptors (Lipinski definition) is 7. The van der Waals surface area contributed by atoms with Gasteiger partial charge in [-0.1, -0.05) is 35.5 Å². The van der Waals surface area contributed by atoms with Crippen molar-refractivity contribution in [1.29, 1.82) is 0 Å². The van der Waals surface area contributed by atoms with Gasteiger partial charge < -0.3 is 4.84 Å². The molecule has 0 heterocycles. The van der Waals surface area contributed by atoms with E-state index in [2.05, 4.69) is 13.7 Å². The Morgan fingerprint density at radius 1 is 1.24 bits per heavy atom. The highest BCUT2D eigenvalue weighted by molar-refractivity contribution is 8.29. The fraction of sp³-hybridized carbons (Fsp3) is 0.333. The number of hydrogen-bond donors (Lipinski definition) is 0. The highest BCUT2D eigenvalue weighted by Crippen LogP contribution is 2.43. The minimum absolute atomic E-state index is 0.0404. The topological polar surface area (TPSA) is 117 Å². The molecule has 1 aromatic carbocycles. The Morgan fingerprint density at radius 3 is 2.29 bits per heavy atom. The van der Waals surface area contributed by atoms with Gasteiger partial charge in [-0.05, 0) is 0 Å². The molecule has 0 aromatic heterocycles. The van der Waals surface area contributed by atoms with Gasteiger partial charge in [0.25, 0.3) is 0 Å². The molecule has 7 nitrogen and oxygen atoms in total. The van der Waals surface area contributed by atoms with E-state index in [9.17, 15) is 18.8 Å². The lowest BCUT2D eigenvalue weighted by Gasteiger charge is -2.26. The quantitative estimate of drug-likeness (QED) is 0.367. The Bertz CT molecular complexity index is 514. The maximum absolute atomic E-state index is 10.9. The molecule has 9 heteroatoms. The van der Waals surface area contributed by atoms with Gasteiger partial charge in [-0.15, -0.1) is 0 Å². The highest BCUT2D eigenvalue weighted by Gasteiger charge is 2.34. The zero-order valence-corrected chi connectivity index (χ0v) is 13.3. The molecule has 0 bridgehead atoms. The average molecular weight is 338 g/mol. The molecule has 0 aliphatic heterocycles. The normalized spacial score (nSPS) is 13.9. The molecule has 0 fully saturated rings. The highest BCUT2D eigenvalue weighted by atomic mass is 35.7. The van der Waals surface area contributed by atoms with Crippen LogP contribution in [0.2, 0.25) is 0 Å². The molecule has 0 spiro atoms. The lowest BCUT2D eigenvalue weighted by Crippen LogP contribution is -2.61. The van der Waals surface area contributed by atoms with Crippen LogP contribution in [-0.2, 0) is 13.4 Å². The van der Waals surface area contributed by atoms with Crippen molar-refractivity contribution in [3.63, 3.8) is 0 Å². The molecule has 0 radical (unpaired) electrons. The van der Waals surface area contributed by atoms with Crippen molar-refractivity contribution in [3.8, 4) is 0 Å². The third kappa shape index (κ3) is 7.42. The molecule has 0 saturated carbocycles. The maximum Gasteiger partial charge on any atom is 0.331 e. The van der Waals surface area contributed by atoms with Crippen molar-refractivity contribution < 1.29 is 37.6 Å². The Balaban J connectivity index is 2.98. The van der Waals surface area contributed by atoms with E-state index in [4.69, 9.17) is 0 Å². The van der Waals surface area contributed by atoms with E-state index in [0.29, 0.717) is 11.3 Å². The van der Waals surface area contributed by atoms with Crippen LogP contribution in [0.15, 0.2) is 35.5 Å². The molecule has 21 heavy (non-hydrogen) atoms. The lowest BCUT2D eigenvalue weighted by molar-refractivity contribution is -1.91. The molecule has 0 atom stereocenters. The van der Waals surface area contributed by atoms with Crippen LogP contribution in [-0.4, -0.2) is 29.9 Å². The molecule has 1 aromatic rings. The number of benzene rings is 1. The van der Waals surface area contributed by atoms with Crippen LogP contribution in [0.25, 0.3) is 0 Å². The van der Waals surface area contributed by atoms with E-state index in [1.165, 1.54) is 19.4 Å². The number of carbonyl (C=O) groups excluding carboxylic acids is 1. The summed E-state index contributed by atoms with van der Waals surface area (Å²) >= 11 is 0. The third-order valence-electron chi connectivity index (χ3n) is 2.12. The predicted molar refractivity (Wildman–Crippen MR) is 70.1 cm³/mol. The van der Waals surface area contributed by atoms with Crippen molar-refractivity contribution >= 4 is 22.0 Å². The van der Waals surface area contributed by atoms with Crippen molar-refractivity contribution in [2.24, 2.45) is 5.16 Å². The fourth-order valence-electron chi connectivity index (χ4n) is 1.47. The summed E-state index contributed by atoms with van der Waals surface area (Å²) in [6.45, 7) is 1.20. The summed E-state index contributed by atoms with van der Waals surface area (Å²) in [7, 11) is -6.80. The first-order valence-electron chi connectivity index (χ1n) is 5.72. The zero-order chi connectivity index (χ0) is 16.1. The molecular formula is C12H16ClNO6S. The largest absolute Gasteiger partial charge is 0.331 e. The molecule has 118 valence electrons. The maximum atomic E-state index is 10.9. The molecule has 0 unspecified atom stereocenters. The van der Waals surface area contributed by atoms with Gasteiger partial charge in [-0.2, -0.15) is 14.0 Å². The molecular weight excluding hydrogens is 322 g/mol. The van der Waals surface area contributed by atoms with Gasteiger partial charge in [-0.3, -0.25) is 0 Å². The molecule has 0 aliphatic carbocycles. The molecule has 0 amide bonds. The van der Waals surface area contributed by atoms with Gasteiger partial charge in [0.2, 0.25) is 0 Å². The predicted octanol–water partition coefficient (Wildman–Crippen LogP) is -1.15. The second-order valence-electron chi connectivity index (χ2n) is 4.51. The first kappa shape index (κ1) is 17.9. The van der Waals surface area contributed by atoms with E-state index in [0.717, 1.165) is 0 Å². The second-order valence-corrected chi connectivity index (χ2v) is 8.93. The summed E-state index contributed by atoms with van der Waals surface area (Å²) in [5.41, 5.74) is 0.965. The minimum Gasteiger partial charge on any atom is -0.318 e. The first-order chi connectivity index (χ1) is 9.59.